The van der Waals surface area contributed by atoms with Gasteiger partial charge >= 0.3 is 5.97 Å². The Morgan fingerprint density at radius 1 is 1.54 bits per heavy atom. The van der Waals surface area contributed by atoms with Gasteiger partial charge in [0.05, 0.1) is 18.1 Å². The number of carbonyl (C=O) groups excluding carboxylic acids is 1. The fraction of sp³-hybridized carbons (Fsp3) is 0.800. The van der Waals surface area contributed by atoms with E-state index in [1.54, 1.807) is 6.92 Å². The van der Waals surface area contributed by atoms with Crippen molar-refractivity contribution >= 4 is 5.97 Å². The van der Waals surface area contributed by atoms with Gasteiger partial charge in [-0.3, -0.25) is 4.79 Å². The first-order valence-electron chi connectivity index (χ1n) is 4.58. The molecule has 0 heterocycles. The standard InChI is InChI=1S/C10H17NO2/c1-4-13-9(12)6-5-7-10(2,3)8-11/h4-7H2,1-3H3. The summed E-state index contributed by atoms with van der Waals surface area (Å²) in [4.78, 5) is 10.9. The summed E-state index contributed by atoms with van der Waals surface area (Å²) in [6, 6.07) is 2.19. The maximum Gasteiger partial charge on any atom is 0.305 e. The number of rotatable bonds is 5. The van der Waals surface area contributed by atoms with Crippen molar-refractivity contribution in [3.05, 3.63) is 0 Å². The van der Waals surface area contributed by atoms with E-state index in [2.05, 4.69) is 6.07 Å². The van der Waals surface area contributed by atoms with Crippen molar-refractivity contribution in [1.29, 1.82) is 5.26 Å². The molecule has 0 atom stereocenters. The molecule has 3 nitrogen and oxygen atoms in total. The lowest BCUT2D eigenvalue weighted by molar-refractivity contribution is -0.143. The van der Waals surface area contributed by atoms with Crippen molar-refractivity contribution < 1.29 is 9.53 Å². The SMILES string of the molecule is CCOC(=O)CCCC(C)(C)C#N. The average Bonchev–Trinajstić information content (AvgIpc) is 2.05. The summed E-state index contributed by atoms with van der Waals surface area (Å²) in [7, 11) is 0. The zero-order chi connectivity index (χ0) is 10.3. The second-order valence-electron chi connectivity index (χ2n) is 3.65. The van der Waals surface area contributed by atoms with Crippen LogP contribution in [-0.2, 0) is 9.53 Å². The highest BCUT2D eigenvalue weighted by molar-refractivity contribution is 5.69. The number of carbonyl (C=O) groups is 1. The van der Waals surface area contributed by atoms with Gasteiger partial charge in [-0.1, -0.05) is 0 Å². The molecule has 3 heteroatoms. The molecular formula is C10H17NO2. The molecule has 0 unspecified atom stereocenters. The minimum absolute atomic E-state index is 0.170. The third kappa shape index (κ3) is 6.15. The lowest BCUT2D eigenvalue weighted by Gasteiger charge is -2.13. The van der Waals surface area contributed by atoms with Gasteiger partial charge in [-0.15, -0.1) is 0 Å². The lowest BCUT2D eigenvalue weighted by atomic mass is 9.89. The zero-order valence-corrected chi connectivity index (χ0v) is 8.59. The average molecular weight is 183 g/mol. The number of ether oxygens (including phenoxy) is 1. The van der Waals surface area contributed by atoms with Crippen molar-refractivity contribution in [2.24, 2.45) is 5.41 Å². The van der Waals surface area contributed by atoms with E-state index in [1.165, 1.54) is 0 Å². The highest BCUT2D eigenvalue weighted by Gasteiger charge is 2.16. The second kappa shape index (κ2) is 5.58. The molecule has 0 aromatic carbocycles. The second-order valence-corrected chi connectivity index (χ2v) is 3.65. The van der Waals surface area contributed by atoms with Gasteiger partial charge < -0.3 is 4.74 Å². The highest BCUT2D eigenvalue weighted by atomic mass is 16.5. The molecule has 0 saturated heterocycles. The summed E-state index contributed by atoms with van der Waals surface area (Å²) in [5.74, 6) is -0.170. The summed E-state index contributed by atoms with van der Waals surface area (Å²) in [6.07, 6.45) is 1.88. The molecule has 0 aromatic rings. The Morgan fingerprint density at radius 3 is 2.62 bits per heavy atom. The van der Waals surface area contributed by atoms with Crippen molar-refractivity contribution in [2.45, 2.75) is 40.0 Å². The molecule has 0 aliphatic heterocycles. The Morgan fingerprint density at radius 2 is 2.15 bits per heavy atom. The Labute approximate surface area is 79.7 Å². The highest BCUT2D eigenvalue weighted by Crippen LogP contribution is 2.21. The van der Waals surface area contributed by atoms with Crippen LogP contribution in [0.3, 0.4) is 0 Å². The Kier molecular flexibility index (Phi) is 5.13. The predicted octanol–water partition coefficient (Wildman–Crippen LogP) is 2.27. The van der Waals surface area contributed by atoms with Gasteiger partial charge in [0, 0.05) is 6.42 Å². The summed E-state index contributed by atoms with van der Waals surface area (Å²) in [5, 5.41) is 8.70. The van der Waals surface area contributed by atoms with Crippen LogP contribution in [0.5, 0.6) is 0 Å². The van der Waals surface area contributed by atoms with Gasteiger partial charge in [-0.25, -0.2) is 0 Å². The summed E-state index contributed by atoms with van der Waals surface area (Å²) >= 11 is 0. The van der Waals surface area contributed by atoms with Gasteiger partial charge in [0.15, 0.2) is 0 Å². The normalized spacial score (nSPS) is 10.6. The Hall–Kier alpha value is -1.04. The van der Waals surface area contributed by atoms with E-state index in [9.17, 15) is 4.79 Å². The number of esters is 1. The third-order valence-electron chi connectivity index (χ3n) is 1.79. The first-order chi connectivity index (χ1) is 6.02. The van der Waals surface area contributed by atoms with Gasteiger partial charge in [0.2, 0.25) is 0 Å². The van der Waals surface area contributed by atoms with Gasteiger partial charge in [-0.05, 0) is 33.6 Å². The van der Waals surface area contributed by atoms with E-state index in [1.807, 2.05) is 13.8 Å². The molecule has 0 spiro atoms. The van der Waals surface area contributed by atoms with Crippen molar-refractivity contribution in [3.8, 4) is 6.07 Å². The van der Waals surface area contributed by atoms with Crippen molar-refractivity contribution in [2.75, 3.05) is 6.61 Å². The predicted molar refractivity (Wildman–Crippen MR) is 49.9 cm³/mol. The van der Waals surface area contributed by atoms with Crippen LogP contribution in [0.15, 0.2) is 0 Å². The minimum Gasteiger partial charge on any atom is -0.466 e. The van der Waals surface area contributed by atoms with Gasteiger partial charge in [0.1, 0.15) is 0 Å². The maximum atomic E-state index is 10.9. The van der Waals surface area contributed by atoms with E-state index >= 15 is 0 Å². The van der Waals surface area contributed by atoms with E-state index < -0.39 is 0 Å². The fourth-order valence-electron chi connectivity index (χ4n) is 0.964. The zero-order valence-electron chi connectivity index (χ0n) is 8.59. The van der Waals surface area contributed by atoms with Crippen LogP contribution in [0.2, 0.25) is 0 Å². The van der Waals surface area contributed by atoms with E-state index in [4.69, 9.17) is 10.00 Å². The summed E-state index contributed by atoms with van der Waals surface area (Å²) < 4.78 is 4.77. The minimum atomic E-state index is -0.327. The largest absolute Gasteiger partial charge is 0.466 e. The van der Waals surface area contributed by atoms with Crippen molar-refractivity contribution in [1.82, 2.24) is 0 Å². The molecule has 13 heavy (non-hydrogen) atoms. The van der Waals surface area contributed by atoms with E-state index in [0.29, 0.717) is 13.0 Å². The van der Waals surface area contributed by atoms with Crippen LogP contribution in [0, 0.1) is 16.7 Å². The van der Waals surface area contributed by atoms with E-state index in [-0.39, 0.29) is 11.4 Å². The van der Waals surface area contributed by atoms with Crippen LogP contribution in [0.25, 0.3) is 0 Å². The molecule has 0 N–H and O–H groups in total. The molecule has 74 valence electrons. The third-order valence-corrected chi connectivity index (χ3v) is 1.79. The molecule has 0 saturated carbocycles. The van der Waals surface area contributed by atoms with Crippen LogP contribution in [0.1, 0.15) is 40.0 Å². The van der Waals surface area contributed by atoms with Crippen molar-refractivity contribution in [3.63, 3.8) is 0 Å². The summed E-state index contributed by atoms with van der Waals surface area (Å²) in [6.45, 7) is 5.97. The lowest BCUT2D eigenvalue weighted by Crippen LogP contribution is -2.10. The monoisotopic (exact) mass is 183 g/mol. The van der Waals surface area contributed by atoms with Crippen LogP contribution >= 0.6 is 0 Å². The molecule has 0 aromatic heterocycles. The molecule has 0 amide bonds. The molecule has 0 aliphatic rings. The van der Waals surface area contributed by atoms with Gasteiger partial charge in [0.25, 0.3) is 0 Å². The number of hydrogen-bond acceptors (Lipinski definition) is 3. The molecule has 0 rings (SSSR count). The molecule has 0 radical (unpaired) electrons. The van der Waals surface area contributed by atoms with Crippen LogP contribution < -0.4 is 0 Å². The topological polar surface area (TPSA) is 50.1 Å². The molecule has 0 fully saturated rings. The number of nitrogens with zero attached hydrogens (tertiary/aromatic N) is 1. The van der Waals surface area contributed by atoms with Crippen LogP contribution in [0.4, 0.5) is 0 Å². The molecule has 0 aliphatic carbocycles. The quantitative estimate of drug-likeness (QED) is 0.614. The van der Waals surface area contributed by atoms with Gasteiger partial charge in [-0.2, -0.15) is 5.26 Å². The first-order valence-corrected chi connectivity index (χ1v) is 4.58. The summed E-state index contributed by atoms with van der Waals surface area (Å²) in [5.41, 5.74) is -0.327. The smallest absolute Gasteiger partial charge is 0.305 e. The number of nitriles is 1. The fourth-order valence-corrected chi connectivity index (χ4v) is 0.964. The number of hydrogen-bond donors (Lipinski definition) is 0. The van der Waals surface area contributed by atoms with E-state index in [0.717, 1.165) is 12.8 Å². The molecule has 0 bridgehead atoms. The van der Waals surface area contributed by atoms with Crippen LogP contribution in [-0.4, -0.2) is 12.6 Å². The Balaban J connectivity index is 3.57. The maximum absolute atomic E-state index is 10.9. The Bertz CT molecular complexity index is 203. The molecular weight excluding hydrogens is 166 g/mol. The first kappa shape index (κ1) is 12.0.